The zero-order chi connectivity index (χ0) is 13.4. The third-order valence-electron chi connectivity index (χ3n) is 3.73. The fourth-order valence-corrected chi connectivity index (χ4v) is 2.60. The quantitative estimate of drug-likeness (QED) is 0.436. The molecule has 2 aliphatic rings. The van der Waals surface area contributed by atoms with E-state index in [0.717, 1.165) is 0 Å². The third-order valence-corrected chi connectivity index (χ3v) is 3.73. The average Bonchev–Trinajstić information content (AvgIpc) is 2.58. The number of terminal acetylenes is 1. The fourth-order valence-electron chi connectivity index (χ4n) is 2.60. The minimum absolute atomic E-state index is 0.196. The van der Waals surface area contributed by atoms with Gasteiger partial charge in [-0.15, -0.1) is 12.3 Å². The molecule has 0 N–H and O–H groups in total. The summed E-state index contributed by atoms with van der Waals surface area (Å²) in [5.41, 5.74) is -1.01. The van der Waals surface area contributed by atoms with Gasteiger partial charge in [0.05, 0.1) is 6.61 Å². The van der Waals surface area contributed by atoms with E-state index in [0.29, 0.717) is 19.4 Å². The summed E-state index contributed by atoms with van der Waals surface area (Å²) < 4.78 is 10.9. The van der Waals surface area contributed by atoms with E-state index in [4.69, 9.17) is 25.7 Å². The second-order valence-corrected chi connectivity index (χ2v) is 5.03. The van der Waals surface area contributed by atoms with E-state index in [2.05, 4.69) is 5.92 Å². The zero-order valence-corrected chi connectivity index (χ0v) is 10.9. The molecule has 18 heavy (non-hydrogen) atoms. The lowest BCUT2D eigenvalue weighted by molar-refractivity contribution is -0.352. The maximum Gasteiger partial charge on any atom is 0.318 e. The average molecular weight is 254 g/mol. The Balaban J connectivity index is 2.36. The molecule has 0 saturated carbocycles. The topological polar surface area (TPSA) is 54.0 Å². The van der Waals surface area contributed by atoms with Gasteiger partial charge in [-0.2, -0.15) is 9.78 Å². The van der Waals surface area contributed by atoms with Crippen LogP contribution < -0.4 is 0 Å². The first-order valence-electron chi connectivity index (χ1n) is 6.09. The van der Waals surface area contributed by atoms with Crippen LogP contribution in [0, 0.1) is 17.8 Å². The maximum atomic E-state index is 12.3. The second-order valence-electron chi connectivity index (χ2n) is 5.03. The van der Waals surface area contributed by atoms with E-state index >= 15 is 0 Å². The van der Waals surface area contributed by atoms with Crippen LogP contribution in [0.1, 0.15) is 40.0 Å². The Bertz CT molecular complexity index is 401. The number of hydrogen-bond acceptors (Lipinski definition) is 5. The molecule has 2 bridgehead atoms. The van der Waals surface area contributed by atoms with Gasteiger partial charge in [0, 0.05) is 12.8 Å². The first-order valence-corrected chi connectivity index (χ1v) is 6.09. The smallest absolute Gasteiger partial charge is 0.318 e. The number of fused-ring (bicyclic) bond motifs is 2. The summed E-state index contributed by atoms with van der Waals surface area (Å²) in [5, 5.41) is 0. The Morgan fingerprint density at radius 2 is 2.11 bits per heavy atom. The molecule has 2 fully saturated rings. The number of hydrogen-bond donors (Lipinski definition) is 0. The zero-order valence-electron chi connectivity index (χ0n) is 10.9. The van der Waals surface area contributed by atoms with Crippen molar-refractivity contribution < 1.29 is 24.0 Å². The second kappa shape index (κ2) is 4.23. The van der Waals surface area contributed by atoms with Crippen LogP contribution in [-0.4, -0.2) is 24.2 Å². The highest BCUT2D eigenvalue weighted by atomic mass is 17.3. The van der Waals surface area contributed by atoms with Crippen LogP contribution in [0.5, 0.6) is 0 Å². The highest BCUT2D eigenvalue weighted by molar-refractivity contribution is 5.79. The normalized spacial score (nSPS) is 42.3. The van der Waals surface area contributed by atoms with Gasteiger partial charge in [-0.1, -0.05) is 0 Å². The number of ether oxygens (including phenoxy) is 2. The first kappa shape index (κ1) is 13.3. The Kier molecular flexibility index (Phi) is 3.14. The van der Waals surface area contributed by atoms with Gasteiger partial charge in [-0.25, -0.2) is 0 Å². The summed E-state index contributed by atoms with van der Waals surface area (Å²) in [4.78, 5) is 22.8. The highest BCUT2D eigenvalue weighted by Crippen LogP contribution is 2.56. The third kappa shape index (κ3) is 1.72. The van der Waals surface area contributed by atoms with Gasteiger partial charge in [-0.05, 0) is 27.2 Å². The van der Waals surface area contributed by atoms with Crippen molar-refractivity contribution in [3.63, 3.8) is 0 Å². The number of esters is 1. The van der Waals surface area contributed by atoms with Crippen molar-refractivity contribution in [3.05, 3.63) is 0 Å². The molecule has 3 atom stereocenters. The molecule has 5 heteroatoms. The van der Waals surface area contributed by atoms with Crippen molar-refractivity contribution in [1.29, 1.82) is 0 Å². The molecule has 2 aliphatic heterocycles. The van der Waals surface area contributed by atoms with E-state index in [9.17, 15) is 4.79 Å². The number of carbonyl (C=O) groups excluding carboxylic acids is 1. The minimum atomic E-state index is -1.20. The van der Waals surface area contributed by atoms with Gasteiger partial charge in [-0.3, -0.25) is 4.79 Å². The molecule has 0 spiro atoms. The van der Waals surface area contributed by atoms with E-state index in [-0.39, 0.29) is 6.42 Å². The van der Waals surface area contributed by atoms with Gasteiger partial charge in [0.1, 0.15) is 5.41 Å². The van der Waals surface area contributed by atoms with E-state index in [1.54, 1.807) is 20.8 Å². The largest absolute Gasteiger partial charge is 0.465 e. The van der Waals surface area contributed by atoms with Crippen molar-refractivity contribution in [2.45, 2.75) is 51.6 Å². The Morgan fingerprint density at radius 3 is 2.72 bits per heavy atom. The van der Waals surface area contributed by atoms with Crippen LogP contribution in [0.25, 0.3) is 0 Å². The van der Waals surface area contributed by atoms with Gasteiger partial charge in [0.25, 0.3) is 0 Å². The van der Waals surface area contributed by atoms with Crippen molar-refractivity contribution in [3.8, 4) is 12.3 Å². The molecule has 5 nitrogen and oxygen atoms in total. The van der Waals surface area contributed by atoms with E-state index in [1.165, 1.54) is 0 Å². The maximum absolute atomic E-state index is 12.3. The summed E-state index contributed by atoms with van der Waals surface area (Å²) >= 11 is 0. The lowest BCUT2D eigenvalue weighted by atomic mass is 9.71. The molecule has 0 aromatic rings. The molecule has 0 amide bonds. The van der Waals surface area contributed by atoms with Crippen LogP contribution in [0.4, 0.5) is 0 Å². The van der Waals surface area contributed by atoms with Crippen LogP contribution >= 0.6 is 0 Å². The van der Waals surface area contributed by atoms with Crippen LogP contribution in [0.2, 0.25) is 0 Å². The SMILES string of the molecule is C#CC[C@@]1(C(=O)OCC)CC[C@]2(C)OO[C@@]1(C)O2. The summed E-state index contributed by atoms with van der Waals surface area (Å²) in [6, 6.07) is 0. The Labute approximate surface area is 107 Å². The standard InChI is InChI=1S/C13H18O5/c1-5-7-13(10(14)15-6-2)9-8-11(3)16-12(13,4)18-17-11/h1H,6-9H2,2-4H3/t11-,12+,13-/m0/s1. The molecular formula is C13H18O5. The lowest BCUT2D eigenvalue weighted by Gasteiger charge is -2.44. The Hall–Kier alpha value is -1.09. The van der Waals surface area contributed by atoms with Crippen LogP contribution in [-0.2, 0) is 24.0 Å². The van der Waals surface area contributed by atoms with Gasteiger partial charge < -0.3 is 9.47 Å². The van der Waals surface area contributed by atoms with Gasteiger partial charge in [0.2, 0.25) is 11.6 Å². The van der Waals surface area contributed by atoms with Gasteiger partial charge in [0.15, 0.2) is 0 Å². The van der Waals surface area contributed by atoms with Crippen LogP contribution in [0.15, 0.2) is 0 Å². The fraction of sp³-hybridized carbons (Fsp3) is 0.769. The van der Waals surface area contributed by atoms with Crippen molar-refractivity contribution in [1.82, 2.24) is 0 Å². The van der Waals surface area contributed by atoms with Gasteiger partial charge >= 0.3 is 5.97 Å². The molecule has 2 rings (SSSR count). The van der Waals surface area contributed by atoms with E-state index in [1.807, 2.05) is 0 Å². The molecule has 0 aliphatic carbocycles. The summed E-state index contributed by atoms with van der Waals surface area (Å²) in [6.07, 6.45) is 6.64. The molecule has 100 valence electrons. The predicted molar refractivity (Wildman–Crippen MR) is 61.8 cm³/mol. The number of carbonyl (C=O) groups is 1. The monoisotopic (exact) mass is 254 g/mol. The van der Waals surface area contributed by atoms with Crippen molar-refractivity contribution in [2.24, 2.45) is 5.41 Å². The summed E-state index contributed by atoms with van der Waals surface area (Å²) in [7, 11) is 0. The minimum Gasteiger partial charge on any atom is -0.465 e. The highest BCUT2D eigenvalue weighted by Gasteiger charge is 2.67. The molecule has 2 saturated heterocycles. The van der Waals surface area contributed by atoms with Crippen LogP contribution in [0.3, 0.4) is 0 Å². The van der Waals surface area contributed by atoms with Crippen molar-refractivity contribution in [2.75, 3.05) is 6.61 Å². The predicted octanol–water partition coefficient (Wildman–Crippen LogP) is 1.76. The molecule has 2 heterocycles. The lowest BCUT2D eigenvalue weighted by Crippen LogP contribution is -2.57. The summed E-state index contributed by atoms with van der Waals surface area (Å²) in [6.45, 7) is 5.50. The molecule has 0 aromatic carbocycles. The molecule has 0 unspecified atom stereocenters. The molecule has 0 aromatic heterocycles. The molecule has 0 radical (unpaired) electrons. The Morgan fingerprint density at radius 1 is 1.39 bits per heavy atom. The first-order chi connectivity index (χ1) is 8.41. The number of rotatable bonds is 3. The summed E-state index contributed by atoms with van der Waals surface area (Å²) in [5.74, 6) is 0.129. The molecular weight excluding hydrogens is 236 g/mol. The van der Waals surface area contributed by atoms with E-state index < -0.39 is 23.0 Å². The van der Waals surface area contributed by atoms with Crippen molar-refractivity contribution >= 4 is 5.97 Å².